The highest BCUT2D eigenvalue weighted by atomic mass is 32.5. The molecular formula is C5H14SSi2. The number of hydrogen-bond donors (Lipinski definition) is 0. The molecule has 0 unspecified atom stereocenters. The maximum atomic E-state index is 2.48. The summed E-state index contributed by atoms with van der Waals surface area (Å²) in [5, 5.41) is 0. The van der Waals surface area contributed by atoms with E-state index >= 15 is 0 Å². The Hall–Kier alpha value is 0.784. The normalized spacial score (nSPS) is 31.5. The van der Waals surface area contributed by atoms with E-state index in [0.717, 1.165) is 0 Å². The lowest BCUT2D eigenvalue weighted by molar-refractivity contribution is 1.64. The molecule has 0 atom stereocenters. The smallest absolute Gasteiger partial charge is 0.102 e. The first-order valence-electron chi connectivity index (χ1n) is 3.12. The van der Waals surface area contributed by atoms with Crippen molar-refractivity contribution in [3.8, 4) is 0 Å². The van der Waals surface area contributed by atoms with E-state index in [0.29, 0.717) is 0 Å². The minimum Gasteiger partial charge on any atom is -0.206 e. The molecule has 0 N–H and O–H groups in total. The van der Waals surface area contributed by atoms with Crippen molar-refractivity contribution in [1.29, 1.82) is 0 Å². The van der Waals surface area contributed by atoms with Gasteiger partial charge in [0.15, 0.2) is 0 Å². The Morgan fingerprint density at radius 1 is 1.00 bits per heavy atom. The summed E-state index contributed by atoms with van der Waals surface area (Å²) in [6, 6.07) is 0. The molecule has 1 fully saturated rings. The van der Waals surface area contributed by atoms with Gasteiger partial charge in [-0.3, -0.25) is 0 Å². The molecule has 0 spiro atoms. The molecule has 1 rings (SSSR count). The molecule has 0 aromatic rings. The number of rotatable bonds is 0. The minimum atomic E-state index is -0.608. The molecule has 3 heteroatoms. The molecule has 1 aliphatic heterocycles. The molecule has 1 saturated heterocycles. The van der Waals surface area contributed by atoms with Crippen LogP contribution in [0.25, 0.3) is 0 Å². The van der Waals surface area contributed by atoms with Crippen molar-refractivity contribution in [3.05, 3.63) is 0 Å². The van der Waals surface area contributed by atoms with E-state index < -0.39 is 14.4 Å². The van der Waals surface area contributed by atoms with Crippen LogP contribution in [0.4, 0.5) is 0 Å². The predicted molar refractivity (Wildman–Crippen MR) is 47.4 cm³/mol. The predicted octanol–water partition coefficient (Wildman–Crippen LogP) is 2.68. The van der Waals surface area contributed by atoms with Crippen LogP contribution in [0.2, 0.25) is 31.9 Å². The lowest BCUT2D eigenvalue weighted by atomic mass is 11.8. The monoisotopic (exact) mass is 162 g/mol. The minimum absolute atomic E-state index is 0.608. The van der Waals surface area contributed by atoms with Gasteiger partial charge in [0.2, 0.25) is 0 Å². The maximum Gasteiger partial charge on any atom is 0.102 e. The molecule has 1 heterocycles. The second-order valence-electron chi connectivity index (χ2n) is 3.80. The SMILES string of the molecule is C[Si]1(C)C[Si](C)(C)S1. The van der Waals surface area contributed by atoms with Gasteiger partial charge in [0.1, 0.15) is 14.4 Å². The molecule has 0 aliphatic carbocycles. The van der Waals surface area contributed by atoms with Crippen molar-refractivity contribution in [3.63, 3.8) is 0 Å². The van der Waals surface area contributed by atoms with Crippen LogP contribution in [0.3, 0.4) is 0 Å². The Balaban J connectivity index is 2.42. The largest absolute Gasteiger partial charge is 0.206 e. The van der Waals surface area contributed by atoms with Gasteiger partial charge in [0, 0.05) is 0 Å². The van der Waals surface area contributed by atoms with E-state index in [4.69, 9.17) is 0 Å². The zero-order valence-corrected chi connectivity index (χ0v) is 8.93. The average Bonchev–Trinajstić information content (AvgIpc) is 1.20. The van der Waals surface area contributed by atoms with Gasteiger partial charge >= 0.3 is 0 Å². The summed E-state index contributed by atoms with van der Waals surface area (Å²) in [5.41, 5.74) is 1.64. The highest BCUT2D eigenvalue weighted by Crippen LogP contribution is 2.48. The fourth-order valence-corrected chi connectivity index (χ4v) is 34.9. The van der Waals surface area contributed by atoms with Crippen molar-refractivity contribution in [2.24, 2.45) is 0 Å². The Bertz CT molecular complexity index is 87.0. The first-order chi connectivity index (χ1) is 3.41. The van der Waals surface area contributed by atoms with E-state index in [1.165, 1.54) is 0 Å². The molecule has 1 aliphatic rings. The maximum absolute atomic E-state index is 2.48. The zero-order chi connectivity index (χ0) is 6.41. The van der Waals surface area contributed by atoms with Crippen LogP contribution in [-0.2, 0) is 0 Å². The second-order valence-corrected chi connectivity index (χ2v) is 21.5. The molecule has 0 aromatic heterocycles. The summed E-state index contributed by atoms with van der Waals surface area (Å²) in [6.07, 6.45) is 0. The van der Waals surface area contributed by atoms with Crippen LogP contribution in [0.5, 0.6) is 0 Å². The van der Waals surface area contributed by atoms with Crippen LogP contribution in [-0.4, -0.2) is 14.4 Å². The Morgan fingerprint density at radius 2 is 1.25 bits per heavy atom. The quantitative estimate of drug-likeness (QED) is 0.494. The Morgan fingerprint density at radius 3 is 1.25 bits per heavy atom. The number of hydrogen-bond acceptors (Lipinski definition) is 1. The van der Waals surface area contributed by atoms with E-state index in [1.54, 1.807) is 5.67 Å². The summed E-state index contributed by atoms with van der Waals surface area (Å²) in [5.74, 6) is 0. The van der Waals surface area contributed by atoms with Crippen molar-refractivity contribution in [1.82, 2.24) is 0 Å². The molecule has 0 aromatic carbocycles. The van der Waals surface area contributed by atoms with Gasteiger partial charge in [-0.2, -0.15) is 0 Å². The van der Waals surface area contributed by atoms with Gasteiger partial charge in [0.25, 0.3) is 0 Å². The molecule has 48 valence electrons. The van der Waals surface area contributed by atoms with Crippen LogP contribution in [0.15, 0.2) is 0 Å². The molecule has 0 amide bonds. The highest BCUT2D eigenvalue weighted by Gasteiger charge is 2.45. The van der Waals surface area contributed by atoms with Gasteiger partial charge in [-0.15, -0.1) is 0 Å². The van der Waals surface area contributed by atoms with Crippen molar-refractivity contribution >= 4 is 25.1 Å². The standard InChI is InChI=1S/C5H14SSi2/c1-7(2)5-8(3,4)6-7/h5H2,1-4H3. The fourth-order valence-electron chi connectivity index (χ4n) is 1.76. The van der Waals surface area contributed by atoms with Crippen LogP contribution < -0.4 is 0 Å². The molecule has 0 bridgehead atoms. The topological polar surface area (TPSA) is 0 Å². The fraction of sp³-hybridized carbons (Fsp3) is 1.00. The molecule has 8 heavy (non-hydrogen) atoms. The summed E-state index contributed by atoms with van der Waals surface area (Å²) < 4.78 is 0. The van der Waals surface area contributed by atoms with Gasteiger partial charge in [-0.05, 0) is 5.67 Å². The van der Waals surface area contributed by atoms with Gasteiger partial charge in [-0.1, -0.05) is 26.2 Å². The van der Waals surface area contributed by atoms with E-state index in [1.807, 2.05) is 0 Å². The van der Waals surface area contributed by atoms with Crippen LogP contribution >= 0.6 is 10.7 Å². The first-order valence-corrected chi connectivity index (χ1v) is 11.8. The lowest BCUT2D eigenvalue weighted by Gasteiger charge is -2.45. The molecule has 0 saturated carbocycles. The summed E-state index contributed by atoms with van der Waals surface area (Å²) in [4.78, 5) is 0. The van der Waals surface area contributed by atoms with Gasteiger partial charge < -0.3 is 0 Å². The van der Waals surface area contributed by atoms with E-state index in [-0.39, 0.29) is 0 Å². The van der Waals surface area contributed by atoms with E-state index in [9.17, 15) is 0 Å². The van der Waals surface area contributed by atoms with Crippen LogP contribution in [0.1, 0.15) is 0 Å². The summed E-state index contributed by atoms with van der Waals surface area (Å²) >= 11 is 0. The summed E-state index contributed by atoms with van der Waals surface area (Å²) in [7, 11) is 1.15. The van der Waals surface area contributed by atoms with Crippen molar-refractivity contribution < 1.29 is 0 Å². The van der Waals surface area contributed by atoms with Gasteiger partial charge in [-0.25, -0.2) is 10.7 Å². The molecule has 0 nitrogen and oxygen atoms in total. The van der Waals surface area contributed by atoms with Crippen LogP contribution in [0, 0.1) is 0 Å². The Labute approximate surface area is 57.4 Å². The first kappa shape index (κ1) is 6.90. The highest BCUT2D eigenvalue weighted by molar-refractivity contribution is 8.54. The van der Waals surface area contributed by atoms with Crippen molar-refractivity contribution in [2.75, 3.05) is 0 Å². The zero-order valence-electron chi connectivity index (χ0n) is 6.12. The lowest BCUT2D eigenvalue weighted by Crippen LogP contribution is -2.49. The molecule has 0 radical (unpaired) electrons. The van der Waals surface area contributed by atoms with E-state index in [2.05, 4.69) is 36.8 Å². The average molecular weight is 162 g/mol. The Kier molecular flexibility index (Phi) is 1.41. The second kappa shape index (κ2) is 1.64. The third-order valence-corrected chi connectivity index (χ3v) is 25.2. The molecular weight excluding hydrogens is 148 g/mol. The summed E-state index contributed by atoms with van der Waals surface area (Å²) in [6.45, 7) is 9.93. The third kappa shape index (κ3) is 1.39. The van der Waals surface area contributed by atoms with Crippen molar-refractivity contribution in [2.45, 2.75) is 31.9 Å². The third-order valence-electron chi connectivity index (χ3n) is 1.40. The van der Waals surface area contributed by atoms with Gasteiger partial charge in [0.05, 0.1) is 0 Å².